The van der Waals surface area contributed by atoms with E-state index in [1.807, 2.05) is 16.7 Å². The van der Waals surface area contributed by atoms with Crippen molar-refractivity contribution in [2.45, 2.75) is 12.8 Å². The molecule has 3 heterocycles. The monoisotopic (exact) mass is 266 g/mol. The first-order chi connectivity index (χ1) is 9.81. The van der Waals surface area contributed by atoms with E-state index >= 15 is 0 Å². The van der Waals surface area contributed by atoms with E-state index in [-0.39, 0.29) is 5.82 Å². The molecule has 4 nitrogen and oxygen atoms in total. The predicted octanol–water partition coefficient (Wildman–Crippen LogP) is 2.57. The van der Waals surface area contributed by atoms with E-state index in [1.54, 1.807) is 12.5 Å². The number of pyridine rings is 1. The van der Waals surface area contributed by atoms with Crippen LogP contribution >= 0.6 is 0 Å². The molecule has 0 saturated heterocycles. The van der Waals surface area contributed by atoms with Crippen molar-refractivity contribution >= 4 is 0 Å². The molecule has 0 saturated carbocycles. The zero-order chi connectivity index (χ0) is 13.5. The van der Waals surface area contributed by atoms with Gasteiger partial charge in [0.05, 0.1) is 11.9 Å². The summed E-state index contributed by atoms with van der Waals surface area (Å²) in [6, 6.07) is 7.60. The Balaban J connectivity index is 1.84. The highest BCUT2D eigenvalue weighted by atomic mass is 19.1. The van der Waals surface area contributed by atoms with E-state index in [0.29, 0.717) is 0 Å². The minimum absolute atomic E-state index is 0.318. The molecule has 0 radical (unpaired) electrons. The SMILES string of the molecule is Fc1cncc(-c2ccc3c(c2)CCc2nncn2-3)c1. The van der Waals surface area contributed by atoms with Gasteiger partial charge in [0.1, 0.15) is 18.0 Å². The van der Waals surface area contributed by atoms with Crippen molar-refractivity contribution in [3.05, 3.63) is 60.2 Å². The van der Waals surface area contributed by atoms with Gasteiger partial charge >= 0.3 is 0 Å². The molecule has 1 aromatic carbocycles. The number of aromatic nitrogens is 4. The number of hydrogen-bond acceptors (Lipinski definition) is 3. The number of nitrogens with zero attached hydrogens (tertiary/aromatic N) is 4. The maximum absolute atomic E-state index is 13.3. The molecule has 0 N–H and O–H groups in total. The van der Waals surface area contributed by atoms with Crippen LogP contribution in [-0.4, -0.2) is 19.7 Å². The second-order valence-corrected chi connectivity index (χ2v) is 4.85. The third kappa shape index (κ3) is 1.71. The maximum atomic E-state index is 13.3. The molecular weight excluding hydrogens is 255 g/mol. The number of halogens is 1. The topological polar surface area (TPSA) is 43.6 Å². The molecule has 0 aliphatic carbocycles. The molecule has 3 aromatic rings. The first-order valence-corrected chi connectivity index (χ1v) is 6.44. The lowest BCUT2D eigenvalue weighted by Gasteiger charge is -2.18. The summed E-state index contributed by atoms with van der Waals surface area (Å²) in [5.41, 5.74) is 4.10. The Morgan fingerprint density at radius 2 is 2.00 bits per heavy atom. The zero-order valence-electron chi connectivity index (χ0n) is 10.6. The van der Waals surface area contributed by atoms with Crippen molar-refractivity contribution in [2.75, 3.05) is 0 Å². The molecule has 0 unspecified atom stereocenters. The van der Waals surface area contributed by atoms with Crippen LogP contribution in [0.3, 0.4) is 0 Å². The molecule has 0 amide bonds. The van der Waals surface area contributed by atoms with Gasteiger partial charge in [0.2, 0.25) is 0 Å². The molecular formula is C15H11FN4. The summed E-state index contributed by atoms with van der Waals surface area (Å²) in [4.78, 5) is 3.90. The van der Waals surface area contributed by atoms with Crippen LogP contribution in [0.1, 0.15) is 11.4 Å². The highest BCUT2D eigenvalue weighted by Crippen LogP contribution is 2.28. The largest absolute Gasteiger partial charge is 0.285 e. The van der Waals surface area contributed by atoms with Crippen molar-refractivity contribution in [3.63, 3.8) is 0 Å². The number of aryl methyl sites for hydroxylation is 2. The molecule has 0 fully saturated rings. The quantitative estimate of drug-likeness (QED) is 0.680. The van der Waals surface area contributed by atoms with Crippen LogP contribution in [0, 0.1) is 5.82 Å². The third-order valence-electron chi connectivity index (χ3n) is 3.61. The third-order valence-corrected chi connectivity index (χ3v) is 3.61. The second kappa shape index (κ2) is 4.23. The highest BCUT2D eigenvalue weighted by molar-refractivity contribution is 5.66. The maximum Gasteiger partial charge on any atom is 0.142 e. The van der Waals surface area contributed by atoms with Crippen molar-refractivity contribution in [1.29, 1.82) is 0 Å². The van der Waals surface area contributed by atoms with E-state index in [9.17, 15) is 4.39 Å². The van der Waals surface area contributed by atoms with Gasteiger partial charge in [-0.3, -0.25) is 9.55 Å². The molecule has 0 spiro atoms. The molecule has 0 bridgehead atoms. The lowest BCUT2D eigenvalue weighted by Crippen LogP contribution is -2.11. The van der Waals surface area contributed by atoms with Crippen LogP contribution < -0.4 is 0 Å². The molecule has 98 valence electrons. The molecule has 1 aliphatic heterocycles. The Morgan fingerprint density at radius 3 is 2.90 bits per heavy atom. The lowest BCUT2D eigenvalue weighted by molar-refractivity contribution is 0.622. The predicted molar refractivity (Wildman–Crippen MR) is 72.0 cm³/mol. The lowest BCUT2D eigenvalue weighted by atomic mass is 9.98. The Hall–Kier alpha value is -2.56. The van der Waals surface area contributed by atoms with E-state index in [2.05, 4.69) is 21.2 Å². The number of hydrogen-bond donors (Lipinski definition) is 0. The molecule has 4 rings (SSSR count). The summed E-state index contributed by atoms with van der Waals surface area (Å²) in [5.74, 6) is 0.666. The van der Waals surface area contributed by atoms with Crippen LogP contribution in [0.25, 0.3) is 16.8 Å². The average Bonchev–Trinajstić information content (AvgIpc) is 2.95. The average molecular weight is 266 g/mol. The van der Waals surface area contributed by atoms with Gasteiger partial charge in [0.15, 0.2) is 0 Å². The fourth-order valence-electron chi connectivity index (χ4n) is 2.65. The van der Waals surface area contributed by atoms with Crippen LogP contribution in [0.5, 0.6) is 0 Å². The Kier molecular flexibility index (Phi) is 2.39. The van der Waals surface area contributed by atoms with E-state index in [0.717, 1.165) is 35.5 Å². The van der Waals surface area contributed by atoms with E-state index in [4.69, 9.17) is 0 Å². The standard InChI is InChI=1S/C15H11FN4/c16-13-6-12(7-17-8-13)10-1-3-14-11(5-10)2-4-15-19-18-9-20(14)15/h1,3,5-9H,2,4H2. The second-order valence-electron chi connectivity index (χ2n) is 4.85. The zero-order valence-corrected chi connectivity index (χ0v) is 10.6. The van der Waals surface area contributed by atoms with Gasteiger partial charge in [-0.05, 0) is 35.7 Å². The molecule has 20 heavy (non-hydrogen) atoms. The summed E-state index contributed by atoms with van der Waals surface area (Å²) in [7, 11) is 0. The Labute approximate surface area is 114 Å². The summed E-state index contributed by atoms with van der Waals surface area (Å²) < 4.78 is 15.3. The van der Waals surface area contributed by atoms with Gasteiger partial charge in [0.25, 0.3) is 0 Å². The molecule has 2 aromatic heterocycles. The first-order valence-electron chi connectivity index (χ1n) is 6.44. The number of rotatable bonds is 1. The van der Waals surface area contributed by atoms with Crippen molar-refractivity contribution < 1.29 is 4.39 Å². The Morgan fingerprint density at radius 1 is 1.05 bits per heavy atom. The normalized spacial score (nSPS) is 12.8. The minimum Gasteiger partial charge on any atom is -0.285 e. The van der Waals surface area contributed by atoms with Crippen molar-refractivity contribution in [2.24, 2.45) is 0 Å². The van der Waals surface area contributed by atoms with Crippen LogP contribution in [0.2, 0.25) is 0 Å². The smallest absolute Gasteiger partial charge is 0.142 e. The summed E-state index contributed by atoms with van der Waals surface area (Å²) >= 11 is 0. The summed E-state index contributed by atoms with van der Waals surface area (Å²) in [5, 5.41) is 8.05. The van der Waals surface area contributed by atoms with Gasteiger partial charge in [-0.1, -0.05) is 6.07 Å². The summed E-state index contributed by atoms with van der Waals surface area (Å²) in [6.07, 6.45) is 6.42. The highest BCUT2D eigenvalue weighted by Gasteiger charge is 2.17. The number of benzene rings is 1. The van der Waals surface area contributed by atoms with E-state index in [1.165, 1.54) is 17.8 Å². The van der Waals surface area contributed by atoms with Gasteiger partial charge in [0, 0.05) is 18.2 Å². The van der Waals surface area contributed by atoms with Gasteiger partial charge in [-0.25, -0.2) is 4.39 Å². The summed E-state index contributed by atoms with van der Waals surface area (Å²) in [6.45, 7) is 0. The minimum atomic E-state index is -0.318. The van der Waals surface area contributed by atoms with Gasteiger partial charge in [-0.2, -0.15) is 0 Å². The Bertz CT molecular complexity index is 794. The van der Waals surface area contributed by atoms with E-state index < -0.39 is 0 Å². The first kappa shape index (κ1) is 11.3. The number of fused-ring (bicyclic) bond motifs is 3. The van der Waals surface area contributed by atoms with Crippen LogP contribution in [-0.2, 0) is 12.8 Å². The van der Waals surface area contributed by atoms with Gasteiger partial charge < -0.3 is 0 Å². The van der Waals surface area contributed by atoms with Crippen LogP contribution in [0.15, 0.2) is 43.0 Å². The van der Waals surface area contributed by atoms with Crippen LogP contribution in [0.4, 0.5) is 4.39 Å². The van der Waals surface area contributed by atoms with Crippen molar-refractivity contribution in [1.82, 2.24) is 19.7 Å². The van der Waals surface area contributed by atoms with Crippen molar-refractivity contribution in [3.8, 4) is 16.8 Å². The van der Waals surface area contributed by atoms with Gasteiger partial charge in [-0.15, -0.1) is 10.2 Å². The fourth-order valence-corrected chi connectivity index (χ4v) is 2.65. The fraction of sp³-hybridized carbons (Fsp3) is 0.133. The molecule has 0 atom stereocenters. The molecule has 5 heteroatoms. The molecule has 1 aliphatic rings.